The van der Waals surface area contributed by atoms with Gasteiger partial charge in [-0.25, -0.2) is 0 Å². The lowest BCUT2D eigenvalue weighted by molar-refractivity contribution is 0.0951. The van der Waals surface area contributed by atoms with Crippen LogP contribution in [0.3, 0.4) is 0 Å². The number of aromatic nitrogens is 1. The van der Waals surface area contributed by atoms with Crippen molar-refractivity contribution in [1.82, 2.24) is 10.3 Å². The second-order valence-corrected chi connectivity index (χ2v) is 5.01. The zero-order valence-electron chi connectivity index (χ0n) is 10.7. The summed E-state index contributed by atoms with van der Waals surface area (Å²) in [5, 5.41) is 2.93. The molecule has 0 aromatic carbocycles. The molecule has 1 aliphatic carbocycles. The van der Waals surface area contributed by atoms with E-state index < -0.39 is 0 Å². The summed E-state index contributed by atoms with van der Waals surface area (Å²) in [6, 6.07) is 1.65. The minimum absolute atomic E-state index is 0.114. The third-order valence-corrected chi connectivity index (χ3v) is 3.66. The van der Waals surface area contributed by atoms with E-state index in [1.54, 1.807) is 12.3 Å². The molecule has 1 aromatic heterocycles. The third-order valence-electron chi connectivity index (χ3n) is 3.66. The molecule has 98 valence electrons. The smallest absolute Gasteiger partial charge is 0.254 e. The van der Waals surface area contributed by atoms with Crippen molar-refractivity contribution in [3.63, 3.8) is 0 Å². The summed E-state index contributed by atoms with van der Waals surface area (Å²) in [7, 11) is 0. The maximum absolute atomic E-state index is 11.9. The number of nitrogen functional groups attached to an aromatic ring is 1. The highest BCUT2D eigenvalue weighted by atomic mass is 16.1. The number of hydrogen-bond acceptors (Lipinski definition) is 3. The van der Waals surface area contributed by atoms with Gasteiger partial charge in [-0.3, -0.25) is 9.78 Å². The van der Waals surface area contributed by atoms with Gasteiger partial charge >= 0.3 is 0 Å². The number of pyridine rings is 1. The van der Waals surface area contributed by atoms with Crippen LogP contribution in [0.5, 0.6) is 0 Å². The van der Waals surface area contributed by atoms with Crippen LogP contribution in [0.25, 0.3) is 0 Å². The first-order valence-electron chi connectivity index (χ1n) is 6.75. The van der Waals surface area contributed by atoms with E-state index in [4.69, 9.17) is 5.73 Å². The summed E-state index contributed by atoms with van der Waals surface area (Å²) in [5.41, 5.74) is 6.69. The van der Waals surface area contributed by atoms with Gasteiger partial charge in [0.25, 0.3) is 5.91 Å². The van der Waals surface area contributed by atoms with Gasteiger partial charge in [-0.05, 0) is 18.4 Å². The molecule has 1 saturated carbocycles. The van der Waals surface area contributed by atoms with Crippen LogP contribution in [0.15, 0.2) is 18.5 Å². The van der Waals surface area contributed by atoms with E-state index in [-0.39, 0.29) is 5.91 Å². The van der Waals surface area contributed by atoms with Crippen molar-refractivity contribution in [1.29, 1.82) is 0 Å². The van der Waals surface area contributed by atoms with E-state index in [0.29, 0.717) is 11.3 Å². The molecule has 0 unspecified atom stereocenters. The van der Waals surface area contributed by atoms with Gasteiger partial charge in [0.05, 0.1) is 5.56 Å². The number of carbonyl (C=O) groups is 1. The second-order valence-electron chi connectivity index (χ2n) is 5.01. The lowest BCUT2D eigenvalue weighted by atomic mass is 9.87. The molecule has 1 aliphatic rings. The number of nitrogens with zero attached hydrogens (tertiary/aromatic N) is 1. The number of amides is 1. The SMILES string of the molecule is Nc1ccncc1C(=O)NCCC1CCCCC1. The predicted molar refractivity (Wildman–Crippen MR) is 72.2 cm³/mol. The van der Waals surface area contributed by atoms with Gasteiger partial charge in [-0.2, -0.15) is 0 Å². The normalized spacial score (nSPS) is 16.4. The molecule has 0 radical (unpaired) electrons. The van der Waals surface area contributed by atoms with E-state index >= 15 is 0 Å². The number of carbonyl (C=O) groups excluding carboxylic acids is 1. The van der Waals surface area contributed by atoms with Crippen LogP contribution in [0.4, 0.5) is 5.69 Å². The monoisotopic (exact) mass is 247 g/mol. The number of anilines is 1. The van der Waals surface area contributed by atoms with Gasteiger partial charge in [-0.15, -0.1) is 0 Å². The van der Waals surface area contributed by atoms with Gasteiger partial charge in [0.2, 0.25) is 0 Å². The Labute approximate surface area is 108 Å². The molecule has 0 saturated heterocycles. The molecular formula is C14H21N3O. The Morgan fingerprint density at radius 3 is 2.89 bits per heavy atom. The minimum Gasteiger partial charge on any atom is -0.398 e. The molecule has 1 fully saturated rings. The molecule has 3 N–H and O–H groups in total. The van der Waals surface area contributed by atoms with Crippen molar-refractivity contribution in [3.05, 3.63) is 24.0 Å². The van der Waals surface area contributed by atoms with Crippen molar-refractivity contribution in [2.24, 2.45) is 5.92 Å². The number of nitrogens with two attached hydrogens (primary N) is 1. The predicted octanol–water partition coefficient (Wildman–Crippen LogP) is 2.36. The van der Waals surface area contributed by atoms with E-state index in [1.807, 2.05) is 0 Å². The van der Waals surface area contributed by atoms with Crippen molar-refractivity contribution in [2.75, 3.05) is 12.3 Å². The minimum atomic E-state index is -0.114. The highest BCUT2D eigenvalue weighted by Gasteiger charge is 2.14. The number of hydrogen-bond donors (Lipinski definition) is 2. The fourth-order valence-corrected chi connectivity index (χ4v) is 2.56. The average molecular weight is 247 g/mol. The van der Waals surface area contributed by atoms with Crippen molar-refractivity contribution in [3.8, 4) is 0 Å². The fraction of sp³-hybridized carbons (Fsp3) is 0.571. The summed E-state index contributed by atoms with van der Waals surface area (Å²) in [5.74, 6) is 0.668. The summed E-state index contributed by atoms with van der Waals surface area (Å²) in [6.45, 7) is 0.734. The number of rotatable bonds is 4. The van der Waals surface area contributed by atoms with Gasteiger partial charge < -0.3 is 11.1 Å². The lowest BCUT2D eigenvalue weighted by Gasteiger charge is -2.21. The molecule has 2 rings (SSSR count). The van der Waals surface area contributed by atoms with E-state index in [1.165, 1.54) is 38.3 Å². The largest absolute Gasteiger partial charge is 0.398 e. The van der Waals surface area contributed by atoms with Crippen molar-refractivity contribution < 1.29 is 4.79 Å². The van der Waals surface area contributed by atoms with E-state index in [0.717, 1.165) is 18.9 Å². The maximum atomic E-state index is 11.9. The molecular weight excluding hydrogens is 226 g/mol. The first kappa shape index (κ1) is 12.9. The average Bonchev–Trinajstić information content (AvgIpc) is 2.40. The van der Waals surface area contributed by atoms with Crippen LogP contribution in [0.2, 0.25) is 0 Å². The van der Waals surface area contributed by atoms with Crippen LogP contribution in [-0.4, -0.2) is 17.4 Å². The zero-order chi connectivity index (χ0) is 12.8. The van der Waals surface area contributed by atoms with Crippen LogP contribution >= 0.6 is 0 Å². The van der Waals surface area contributed by atoms with E-state index in [2.05, 4.69) is 10.3 Å². The van der Waals surface area contributed by atoms with Gasteiger partial charge in [0.15, 0.2) is 0 Å². The summed E-state index contributed by atoms with van der Waals surface area (Å²) < 4.78 is 0. The Morgan fingerprint density at radius 1 is 1.39 bits per heavy atom. The van der Waals surface area contributed by atoms with Gasteiger partial charge in [0, 0.05) is 24.6 Å². The quantitative estimate of drug-likeness (QED) is 0.858. The molecule has 0 bridgehead atoms. The molecule has 1 aromatic rings. The van der Waals surface area contributed by atoms with Crippen LogP contribution < -0.4 is 11.1 Å². The lowest BCUT2D eigenvalue weighted by Crippen LogP contribution is -2.27. The molecule has 4 heteroatoms. The Morgan fingerprint density at radius 2 is 2.17 bits per heavy atom. The Kier molecular flexibility index (Phi) is 4.56. The summed E-state index contributed by atoms with van der Waals surface area (Å²) >= 11 is 0. The Bertz CT molecular complexity index is 400. The highest BCUT2D eigenvalue weighted by Crippen LogP contribution is 2.25. The zero-order valence-corrected chi connectivity index (χ0v) is 10.7. The maximum Gasteiger partial charge on any atom is 0.254 e. The highest BCUT2D eigenvalue weighted by molar-refractivity contribution is 5.98. The van der Waals surface area contributed by atoms with Crippen molar-refractivity contribution >= 4 is 11.6 Å². The first-order chi connectivity index (χ1) is 8.77. The molecule has 0 aliphatic heterocycles. The van der Waals surface area contributed by atoms with E-state index in [9.17, 15) is 4.79 Å². The standard InChI is InChI=1S/C14H21N3O/c15-13-7-8-16-10-12(13)14(18)17-9-6-11-4-2-1-3-5-11/h7-8,10-11H,1-6,9H2,(H2,15,16)(H,17,18). The van der Waals surface area contributed by atoms with Crippen LogP contribution in [-0.2, 0) is 0 Å². The summed E-state index contributed by atoms with van der Waals surface area (Å²) in [4.78, 5) is 15.8. The van der Waals surface area contributed by atoms with Gasteiger partial charge in [0.1, 0.15) is 0 Å². The Balaban J connectivity index is 1.76. The van der Waals surface area contributed by atoms with Crippen LogP contribution in [0, 0.1) is 5.92 Å². The molecule has 0 spiro atoms. The molecule has 1 amide bonds. The van der Waals surface area contributed by atoms with Crippen LogP contribution in [0.1, 0.15) is 48.9 Å². The molecule has 18 heavy (non-hydrogen) atoms. The Hall–Kier alpha value is -1.58. The van der Waals surface area contributed by atoms with Crippen molar-refractivity contribution in [2.45, 2.75) is 38.5 Å². The third kappa shape index (κ3) is 3.45. The number of nitrogens with one attached hydrogen (secondary N) is 1. The topological polar surface area (TPSA) is 68.0 Å². The molecule has 4 nitrogen and oxygen atoms in total. The second kappa shape index (κ2) is 6.38. The fourth-order valence-electron chi connectivity index (χ4n) is 2.56. The molecule has 1 heterocycles. The molecule has 0 atom stereocenters. The first-order valence-corrected chi connectivity index (χ1v) is 6.75. The van der Waals surface area contributed by atoms with Gasteiger partial charge in [-0.1, -0.05) is 32.1 Å². The summed E-state index contributed by atoms with van der Waals surface area (Å²) in [6.07, 6.45) is 10.9.